The average molecular weight is 171 g/mol. The Labute approximate surface area is 70.6 Å². The van der Waals surface area contributed by atoms with Crippen molar-refractivity contribution in [1.82, 2.24) is 5.32 Å². The standard InChI is InChI=1S/C7H13N3S/c8-4-1-2-5-6(3-4)11-7(9)10-5/h4,7,10H,1-3,8-9H2. The minimum absolute atomic E-state index is 0.0744. The zero-order valence-corrected chi connectivity index (χ0v) is 7.16. The number of allylic oxidation sites excluding steroid dienone is 1. The van der Waals surface area contributed by atoms with Crippen molar-refractivity contribution in [2.45, 2.75) is 30.8 Å². The summed E-state index contributed by atoms with van der Waals surface area (Å²) < 4.78 is 0. The molecule has 2 aliphatic rings. The number of rotatable bonds is 0. The average Bonchev–Trinajstić information content (AvgIpc) is 2.27. The maximum absolute atomic E-state index is 5.82. The SMILES string of the molecule is NC1CCC2=C(C1)SC(N)N2. The van der Waals surface area contributed by atoms with Crippen LogP contribution >= 0.6 is 11.8 Å². The third-order valence-electron chi connectivity index (χ3n) is 2.14. The lowest BCUT2D eigenvalue weighted by molar-refractivity contribution is 0.563. The maximum atomic E-state index is 5.82. The molecule has 11 heavy (non-hydrogen) atoms. The Morgan fingerprint density at radius 3 is 3.09 bits per heavy atom. The topological polar surface area (TPSA) is 64.1 Å². The van der Waals surface area contributed by atoms with Gasteiger partial charge >= 0.3 is 0 Å². The molecule has 0 aromatic rings. The van der Waals surface area contributed by atoms with Crippen LogP contribution < -0.4 is 16.8 Å². The molecule has 0 saturated heterocycles. The predicted molar refractivity (Wildman–Crippen MR) is 47.6 cm³/mol. The molecule has 0 amide bonds. The molecule has 0 aromatic carbocycles. The zero-order chi connectivity index (χ0) is 7.84. The van der Waals surface area contributed by atoms with Crippen LogP contribution in [0.5, 0.6) is 0 Å². The fraction of sp³-hybridized carbons (Fsp3) is 0.714. The lowest BCUT2D eigenvalue weighted by Crippen LogP contribution is -2.30. The van der Waals surface area contributed by atoms with Gasteiger partial charge in [-0.2, -0.15) is 0 Å². The highest BCUT2D eigenvalue weighted by Crippen LogP contribution is 2.36. The molecular formula is C7H13N3S. The summed E-state index contributed by atoms with van der Waals surface area (Å²) in [6.07, 6.45) is 3.19. The summed E-state index contributed by atoms with van der Waals surface area (Å²) in [4.78, 5) is 1.39. The lowest BCUT2D eigenvalue weighted by Gasteiger charge is -2.18. The first-order chi connectivity index (χ1) is 5.25. The molecule has 3 nitrogen and oxygen atoms in total. The van der Waals surface area contributed by atoms with Crippen LogP contribution in [0.2, 0.25) is 0 Å². The van der Waals surface area contributed by atoms with E-state index in [-0.39, 0.29) is 5.50 Å². The first kappa shape index (κ1) is 7.46. The van der Waals surface area contributed by atoms with Gasteiger partial charge in [-0.1, -0.05) is 11.8 Å². The zero-order valence-electron chi connectivity index (χ0n) is 6.34. The van der Waals surface area contributed by atoms with Crippen LogP contribution in [0, 0.1) is 0 Å². The van der Waals surface area contributed by atoms with E-state index in [1.807, 2.05) is 0 Å². The molecule has 62 valence electrons. The molecule has 1 aliphatic carbocycles. The molecule has 5 N–H and O–H groups in total. The second kappa shape index (κ2) is 2.69. The van der Waals surface area contributed by atoms with Crippen molar-refractivity contribution in [2.24, 2.45) is 11.5 Å². The van der Waals surface area contributed by atoms with Gasteiger partial charge in [-0.25, -0.2) is 0 Å². The largest absolute Gasteiger partial charge is 0.364 e. The van der Waals surface area contributed by atoms with E-state index < -0.39 is 0 Å². The normalized spacial score (nSPS) is 36.9. The first-order valence-corrected chi connectivity index (χ1v) is 4.80. The summed E-state index contributed by atoms with van der Waals surface area (Å²) in [5.41, 5.74) is 12.9. The van der Waals surface area contributed by atoms with Crippen LogP contribution in [0.4, 0.5) is 0 Å². The number of thioether (sulfide) groups is 1. The Kier molecular flexibility index (Phi) is 1.83. The molecule has 0 bridgehead atoms. The van der Waals surface area contributed by atoms with Gasteiger partial charge in [0.05, 0.1) is 0 Å². The molecule has 2 atom stereocenters. The van der Waals surface area contributed by atoms with E-state index in [2.05, 4.69) is 5.32 Å². The quantitative estimate of drug-likeness (QED) is 0.490. The van der Waals surface area contributed by atoms with Gasteiger partial charge < -0.3 is 16.8 Å². The third-order valence-corrected chi connectivity index (χ3v) is 3.20. The molecule has 1 heterocycles. The Hall–Kier alpha value is -0.190. The first-order valence-electron chi connectivity index (χ1n) is 3.92. The fourth-order valence-electron chi connectivity index (χ4n) is 1.56. The van der Waals surface area contributed by atoms with Crippen molar-refractivity contribution in [2.75, 3.05) is 0 Å². The van der Waals surface area contributed by atoms with Gasteiger partial charge in [-0.3, -0.25) is 0 Å². The van der Waals surface area contributed by atoms with Crippen molar-refractivity contribution in [3.63, 3.8) is 0 Å². The van der Waals surface area contributed by atoms with Gasteiger partial charge in [0.1, 0.15) is 5.50 Å². The van der Waals surface area contributed by atoms with Crippen molar-refractivity contribution in [1.29, 1.82) is 0 Å². The molecule has 2 rings (SSSR count). The van der Waals surface area contributed by atoms with Crippen LogP contribution in [0.15, 0.2) is 10.6 Å². The van der Waals surface area contributed by atoms with Crippen molar-refractivity contribution >= 4 is 11.8 Å². The summed E-state index contributed by atoms with van der Waals surface area (Å²) in [5, 5.41) is 3.24. The van der Waals surface area contributed by atoms with E-state index in [0.717, 1.165) is 19.3 Å². The van der Waals surface area contributed by atoms with Gasteiger partial charge in [0.2, 0.25) is 0 Å². The van der Waals surface area contributed by atoms with Crippen LogP contribution in [-0.2, 0) is 0 Å². The summed E-state index contributed by atoms with van der Waals surface area (Å²) in [7, 11) is 0. The fourth-order valence-corrected chi connectivity index (χ4v) is 2.68. The van der Waals surface area contributed by atoms with E-state index in [1.54, 1.807) is 11.8 Å². The Morgan fingerprint density at radius 2 is 2.27 bits per heavy atom. The Morgan fingerprint density at radius 1 is 1.45 bits per heavy atom. The Bertz CT molecular complexity index is 202. The summed E-state index contributed by atoms with van der Waals surface area (Å²) in [5.74, 6) is 0. The van der Waals surface area contributed by atoms with Gasteiger partial charge in [-0.15, -0.1) is 0 Å². The molecule has 0 fully saturated rings. The van der Waals surface area contributed by atoms with Crippen molar-refractivity contribution in [3.8, 4) is 0 Å². The lowest BCUT2D eigenvalue weighted by atomic mass is 10.00. The third kappa shape index (κ3) is 1.38. The second-order valence-electron chi connectivity index (χ2n) is 3.09. The highest BCUT2D eigenvalue weighted by atomic mass is 32.2. The Balaban J connectivity index is 2.10. The van der Waals surface area contributed by atoms with Gasteiger partial charge in [0, 0.05) is 16.6 Å². The molecule has 0 spiro atoms. The molecule has 4 heteroatoms. The summed E-state index contributed by atoms with van der Waals surface area (Å²) >= 11 is 1.72. The number of nitrogens with two attached hydrogens (primary N) is 2. The molecule has 0 saturated carbocycles. The predicted octanol–water partition coefficient (Wildman–Crippen LogP) is 0.288. The molecule has 1 aliphatic heterocycles. The second-order valence-corrected chi connectivity index (χ2v) is 4.32. The van der Waals surface area contributed by atoms with E-state index in [0.29, 0.717) is 6.04 Å². The van der Waals surface area contributed by atoms with Crippen LogP contribution in [0.1, 0.15) is 19.3 Å². The summed E-state index contributed by atoms with van der Waals surface area (Å²) in [6.45, 7) is 0. The van der Waals surface area contributed by atoms with Gasteiger partial charge in [0.15, 0.2) is 0 Å². The minimum atomic E-state index is 0.0744. The molecular weight excluding hydrogens is 158 g/mol. The molecule has 0 radical (unpaired) electrons. The molecule has 0 aromatic heterocycles. The van der Waals surface area contributed by atoms with E-state index in [9.17, 15) is 0 Å². The van der Waals surface area contributed by atoms with Crippen LogP contribution in [0.25, 0.3) is 0 Å². The van der Waals surface area contributed by atoms with Gasteiger partial charge in [-0.05, 0) is 19.3 Å². The smallest absolute Gasteiger partial charge is 0.127 e. The van der Waals surface area contributed by atoms with Crippen LogP contribution in [0.3, 0.4) is 0 Å². The molecule has 2 unspecified atom stereocenters. The number of hydrogen-bond acceptors (Lipinski definition) is 4. The van der Waals surface area contributed by atoms with E-state index in [1.165, 1.54) is 10.6 Å². The van der Waals surface area contributed by atoms with Crippen molar-refractivity contribution in [3.05, 3.63) is 10.6 Å². The summed E-state index contributed by atoms with van der Waals surface area (Å²) in [6, 6.07) is 0.355. The van der Waals surface area contributed by atoms with Crippen molar-refractivity contribution < 1.29 is 0 Å². The van der Waals surface area contributed by atoms with Crippen LogP contribution in [-0.4, -0.2) is 11.5 Å². The van der Waals surface area contributed by atoms with E-state index >= 15 is 0 Å². The highest BCUT2D eigenvalue weighted by Gasteiger charge is 2.26. The minimum Gasteiger partial charge on any atom is -0.364 e. The van der Waals surface area contributed by atoms with E-state index in [4.69, 9.17) is 11.5 Å². The monoisotopic (exact) mass is 171 g/mol. The number of nitrogens with one attached hydrogen (secondary N) is 1. The van der Waals surface area contributed by atoms with Gasteiger partial charge in [0.25, 0.3) is 0 Å². The highest BCUT2D eigenvalue weighted by molar-refractivity contribution is 8.03. The number of hydrogen-bond donors (Lipinski definition) is 3. The maximum Gasteiger partial charge on any atom is 0.127 e.